The minimum Gasteiger partial charge on any atom is -0.265 e. The van der Waals surface area contributed by atoms with Crippen molar-refractivity contribution >= 4 is 0 Å². The molecule has 4 aromatic rings. The Morgan fingerprint density at radius 2 is 1.62 bits per heavy atom. The highest BCUT2D eigenvalue weighted by atomic mass is 19.1. The van der Waals surface area contributed by atoms with E-state index in [9.17, 15) is 4.39 Å². The van der Waals surface area contributed by atoms with Gasteiger partial charge >= 0.3 is 0 Å². The zero-order valence-corrected chi connectivity index (χ0v) is 12.7. The van der Waals surface area contributed by atoms with E-state index in [1.54, 1.807) is 41.6 Å². The summed E-state index contributed by atoms with van der Waals surface area (Å²) in [7, 11) is 0. The molecule has 0 aliphatic rings. The molecule has 3 heterocycles. The van der Waals surface area contributed by atoms with Crippen LogP contribution in [0.15, 0.2) is 79.4 Å². The molecule has 0 aliphatic heterocycles. The Labute approximate surface area is 138 Å². The summed E-state index contributed by atoms with van der Waals surface area (Å²) in [4.78, 5) is 8.52. The molecule has 0 spiro atoms. The van der Waals surface area contributed by atoms with E-state index in [-0.39, 0.29) is 5.82 Å². The van der Waals surface area contributed by atoms with E-state index in [1.807, 2.05) is 30.3 Å². The minimum atomic E-state index is -0.278. The molecular weight excluding hydrogens is 303 g/mol. The quantitative estimate of drug-likeness (QED) is 0.570. The Balaban J connectivity index is 1.95. The first-order valence-electron chi connectivity index (χ1n) is 7.49. The number of hydrogen-bond acceptors (Lipinski definition) is 3. The highest BCUT2D eigenvalue weighted by Crippen LogP contribution is 2.32. The molecule has 4 nitrogen and oxygen atoms in total. The van der Waals surface area contributed by atoms with Crippen molar-refractivity contribution in [2.24, 2.45) is 0 Å². The van der Waals surface area contributed by atoms with Crippen LogP contribution >= 0.6 is 0 Å². The van der Waals surface area contributed by atoms with Gasteiger partial charge in [-0.2, -0.15) is 5.10 Å². The van der Waals surface area contributed by atoms with Crippen LogP contribution < -0.4 is 0 Å². The van der Waals surface area contributed by atoms with E-state index in [0.29, 0.717) is 0 Å². The van der Waals surface area contributed by atoms with Crippen LogP contribution in [0.5, 0.6) is 0 Å². The van der Waals surface area contributed by atoms with Crippen molar-refractivity contribution in [3.05, 3.63) is 85.2 Å². The summed E-state index contributed by atoms with van der Waals surface area (Å²) in [6.07, 6.45) is 7.02. The van der Waals surface area contributed by atoms with Gasteiger partial charge < -0.3 is 0 Å². The number of hydrogen-bond donors (Lipinski definition) is 0. The first-order valence-corrected chi connectivity index (χ1v) is 7.49. The van der Waals surface area contributed by atoms with Crippen LogP contribution in [0.25, 0.3) is 28.2 Å². The molecular formula is C19H13FN4. The lowest BCUT2D eigenvalue weighted by atomic mass is 10.1. The molecule has 116 valence electrons. The van der Waals surface area contributed by atoms with Crippen LogP contribution in [0.4, 0.5) is 4.39 Å². The minimum absolute atomic E-state index is 0.278. The monoisotopic (exact) mass is 316 g/mol. The zero-order chi connectivity index (χ0) is 16.4. The second kappa shape index (κ2) is 6.04. The van der Waals surface area contributed by atoms with Crippen molar-refractivity contribution in [3.8, 4) is 28.2 Å². The number of aromatic nitrogens is 4. The lowest BCUT2D eigenvalue weighted by Crippen LogP contribution is -2.00. The Kier molecular flexibility index (Phi) is 3.59. The van der Waals surface area contributed by atoms with Crippen molar-refractivity contribution in [1.29, 1.82) is 0 Å². The van der Waals surface area contributed by atoms with Crippen LogP contribution in [0, 0.1) is 5.82 Å². The summed E-state index contributed by atoms with van der Waals surface area (Å²) >= 11 is 0. The third kappa shape index (κ3) is 2.56. The molecule has 4 rings (SSSR count). The maximum atomic E-state index is 13.2. The molecule has 3 aromatic heterocycles. The van der Waals surface area contributed by atoms with E-state index < -0.39 is 0 Å². The fraction of sp³-hybridized carbons (Fsp3) is 0. The molecule has 1 aromatic carbocycles. The molecule has 0 N–H and O–H groups in total. The van der Waals surface area contributed by atoms with Gasteiger partial charge in [0.1, 0.15) is 11.5 Å². The van der Waals surface area contributed by atoms with Crippen molar-refractivity contribution < 1.29 is 4.39 Å². The Hall–Kier alpha value is -3.34. The summed E-state index contributed by atoms with van der Waals surface area (Å²) in [6.45, 7) is 0. The number of benzene rings is 1. The normalized spacial score (nSPS) is 10.7. The first-order chi connectivity index (χ1) is 11.8. The van der Waals surface area contributed by atoms with Crippen LogP contribution in [0.3, 0.4) is 0 Å². The van der Waals surface area contributed by atoms with E-state index in [1.165, 1.54) is 12.1 Å². The Morgan fingerprint density at radius 3 is 2.33 bits per heavy atom. The standard InChI is InChI=1S/C19H13FN4/c20-15-4-6-16(7-5-15)24-19(18-3-1-2-10-22-18)17(13-23-24)14-8-11-21-12-9-14/h1-13H. The molecule has 0 saturated carbocycles. The first kappa shape index (κ1) is 14.3. The molecule has 0 unspecified atom stereocenters. The van der Waals surface area contributed by atoms with Gasteiger partial charge in [-0.05, 0) is 54.1 Å². The van der Waals surface area contributed by atoms with E-state index in [2.05, 4.69) is 15.1 Å². The van der Waals surface area contributed by atoms with Crippen molar-refractivity contribution in [2.45, 2.75) is 0 Å². The predicted molar refractivity (Wildman–Crippen MR) is 90.0 cm³/mol. The average molecular weight is 316 g/mol. The zero-order valence-electron chi connectivity index (χ0n) is 12.7. The van der Waals surface area contributed by atoms with Gasteiger partial charge in [-0.3, -0.25) is 9.97 Å². The van der Waals surface area contributed by atoms with E-state index in [0.717, 1.165) is 28.2 Å². The summed E-state index contributed by atoms with van der Waals surface area (Å²) < 4.78 is 15.0. The summed E-state index contributed by atoms with van der Waals surface area (Å²) in [5.74, 6) is -0.278. The van der Waals surface area contributed by atoms with Crippen LogP contribution in [-0.4, -0.2) is 19.7 Å². The average Bonchev–Trinajstić information content (AvgIpc) is 3.09. The molecule has 0 atom stereocenters. The molecule has 0 saturated heterocycles. The molecule has 24 heavy (non-hydrogen) atoms. The van der Waals surface area contributed by atoms with Crippen LogP contribution in [-0.2, 0) is 0 Å². The van der Waals surface area contributed by atoms with E-state index >= 15 is 0 Å². The Bertz CT molecular complexity index is 948. The predicted octanol–water partition coefficient (Wildman–Crippen LogP) is 4.14. The molecule has 0 bridgehead atoms. The van der Waals surface area contributed by atoms with Gasteiger partial charge in [-0.15, -0.1) is 0 Å². The maximum Gasteiger partial charge on any atom is 0.123 e. The lowest BCUT2D eigenvalue weighted by molar-refractivity contribution is 0.627. The highest BCUT2D eigenvalue weighted by molar-refractivity contribution is 5.80. The van der Waals surface area contributed by atoms with Gasteiger partial charge in [-0.25, -0.2) is 9.07 Å². The fourth-order valence-electron chi connectivity index (χ4n) is 2.62. The van der Waals surface area contributed by atoms with Crippen molar-refractivity contribution in [1.82, 2.24) is 19.7 Å². The van der Waals surface area contributed by atoms with Gasteiger partial charge in [0, 0.05) is 24.2 Å². The van der Waals surface area contributed by atoms with E-state index in [4.69, 9.17) is 0 Å². The third-order valence-corrected chi connectivity index (χ3v) is 3.74. The van der Waals surface area contributed by atoms with Gasteiger partial charge in [0.25, 0.3) is 0 Å². The highest BCUT2D eigenvalue weighted by Gasteiger charge is 2.16. The lowest BCUT2D eigenvalue weighted by Gasteiger charge is -2.09. The number of nitrogens with zero attached hydrogens (tertiary/aromatic N) is 4. The molecule has 5 heteroatoms. The van der Waals surface area contributed by atoms with Crippen molar-refractivity contribution in [3.63, 3.8) is 0 Å². The van der Waals surface area contributed by atoms with Gasteiger partial charge in [0.15, 0.2) is 0 Å². The van der Waals surface area contributed by atoms with Gasteiger partial charge in [-0.1, -0.05) is 6.07 Å². The fourth-order valence-corrected chi connectivity index (χ4v) is 2.62. The van der Waals surface area contributed by atoms with Crippen LogP contribution in [0.1, 0.15) is 0 Å². The second-order valence-electron chi connectivity index (χ2n) is 5.25. The van der Waals surface area contributed by atoms with Crippen LogP contribution in [0.2, 0.25) is 0 Å². The molecule has 0 fully saturated rings. The largest absolute Gasteiger partial charge is 0.265 e. The smallest absolute Gasteiger partial charge is 0.123 e. The topological polar surface area (TPSA) is 43.6 Å². The second-order valence-corrected chi connectivity index (χ2v) is 5.25. The third-order valence-electron chi connectivity index (χ3n) is 3.74. The van der Waals surface area contributed by atoms with Gasteiger partial charge in [0.05, 0.1) is 17.6 Å². The molecule has 0 aliphatic carbocycles. The Morgan fingerprint density at radius 1 is 0.833 bits per heavy atom. The van der Waals surface area contributed by atoms with Crippen molar-refractivity contribution in [2.75, 3.05) is 0 Å². The number of halogens is 1. The molecule has 0 amide bonds. The summed E-state index contributed by atoms with van der Waals surface area (Å²) in [5, 5.41) is 4.50. The number of pyridine rings is 2. The number of rotatable bonds is 3. The van der Waals surface area contributed by atoms with Gasteiger partial charge in [0.2, 0.25) is 0 Å². The SMILES string of the molecule is Fc1ccc(-n2ncc(-c3ccncc3)c2-c2ccccn2)cc1. The summed E-state index contributed by atoms with van der Waals surface area (Å²) in [5.41, 5.74) is 4.37. The maximum absolute atomic E-state index is 13.2. The summed E-state index contributed by atoms with van der Waals surface area (Å²) in [6, 6.07) is 15.8. The molecule has 0 radical (unpaired) electrons.